The minimum Gasteiger partial charge on any atom is -0.294 e. The molecule has 0 unspecified atom stereocenters. The van der Waals surface area contributed by atoms with Gasteiger partial charge in [0.15, 0.2) is 0 Å². The molecule has 0 spiro atoms. The first kappa shape index (κ1) is 23.7. The van der Waals surface area contributed by atoms with E-state index in [1.54, 1.807) is 36.4 Å². The zero-order valence-electron chi connectivity index (χ0n) is 21.8. The normalized spacial score (nSPS) is 12.1. The fourth-order valence-corrected chi connectivity index (χ4v) is 7.25. The Morgan fingerprint density at radius 3 is 1.15 bits per heavy atom. The average Bonchev–Trinajstić information content (AvgIpc) is 3.54. The third-order valence-corrected chi connectivity index (χ3v) is 9.50. The first-order chi connectivity index (χ1) is 20.1. The summed E-state index contributed by atoms with van der Waals surface area (Å²) in [7, 11) is -3.85. The average molecular weight is 550 g/mol. The Morgan fingerprint density at radius 1 is 0.415 bits per heavy atom. The van der Waals surface area contributed by atoms with Crippen molar-refractivity contribution in [2.75, 3.05) is 0 Å². The van der Waals surface area contributed by atoms with Crippen LogP contribution in [0.15, 0.2) is 149 Å². The maximum atomic E-state index is 14.1. The molecule has 0 bridgehead atoms. The molecule has 5 nitrogen and oxygen atoms in total. The molecule has 0 atom stereocenters. The third-order valence-electron chi connectivity index (χ3n) is 7.75. The summed E-state index contributed by atoms with van der Waals surface area (Å²) in [6.45, 7) is 0. The van der Waals surface area contributed by atoms with E-state index in [4.69, 9.17) is 4.98 Å². The van der Waals surface area contributed by atoms with Gasteiger partial charge in [-0.1, -0.05) is 91.0 Å². The lowest BCUT2D eigenvalue weighted by molar-refractivity contribution is 0.595. The highest BCUT2D eigenvalue weighted by Gasteiger charge is 2.23. The molecule has 0 aliphatic heterocycles. The molecule has 3 heterocycles. The zero-order chi connectivity index (χ0) is 27.6. The van der Waals surface area contributed by atoms with Crippen molar-refractivity contribution in [3.05, 3.63) is 140 Å². The standard InChI is InChI=1S/C35H23N3O2S/c39-41(40,24-12-2-1-3-13-24)25-22-34(37-30-18-8-4-14-26(30)27-15-5-9-19-31(27)37)36-35(23-25)38-32-20-10-6-16-28(32)29-17-7-11-21-33(29)38/h1-23H. The molecule has 0 N–H and O–H groups in total. The summed E-state index contributed by atoms with van der Waals surface area (Å²) >= 11 is 0. The van der Waals surface area contributed by atoms with E-state index in [2.05, 4.69) is 57.7 Å². The molecular formula is C35H23N3O2S. The van der Waals surface area contributed by atoms with Gasteiger partial charge in [-0.3, -0.25) is 9.13 Å². The fourth-order valence-electron chi connectivity index (χ4n) is 5.94. The van der Waals surface area contributed by atoms with E-state index < -0.39 is 9.84 Å². The monoisotopic (exact) mass is 549 g/mol. The maximum absolute atomic E-state index is 14.1. The molecule has 8 rings (SSSR count). The van der Waals surface area contributed by atoms with Crippen molar-refractivity contribution >= 4 is 53.4 Å². The first-order valence-electron chi connectivity index (χ1n) is 13.4. The molecule has 196 valence electrons. The summed E-state index contributed by atoms with van der Waals surface area (Å²) in [6, 6.07) is 44.6. The van der Waals surface area contributed by atoms with E-state index in [0.717, 1.165) is 43.6 Å². The molecule has 0 fully saturated rings. The van der Waals surface area contributed by atoms with Gasteiger partial charge < -0.3 is 0 Å². The molecular weight excluding hydrogens is 526 g/mol. The van der Waals surface area contributed by atoms with E-state index in [1.807, 2.05) is 54.6 Å². The molecule has 0 aliphatic carbocycles. The Morgan fingerprint density at radius 2 is 0.756 bits per heavy atom. The number of sulfone groups is 1. The van der Waals surface area contributed by atoms with Crippen LogP contribution < -0.4 is 0 Å². The third kappa shape index (κ3) is 3.54. The predicted molar refractivity (Wildman–Crippen MR) is 165 cm³/mol. The molecule has 3 aromatic heterocycles. The SMILES string of the molecule is O=S(=O)(c1ccccc1)c1cc(-n2c3ccccc3c3ccccc32)nc(-n2c3ccccc3c3ccccc32)c1. The number of pyridine rings is 1. The lowest BCUT2D eigenvalue weighted by atomic mass is 10.2. The van der Waals surface area contributed by atoms with Gasteiger partial charge >= 0.3 is 0 Å². The van der Waals surface area contributed by atoms with Crippen LogP contribution in [0.1, 0.15) is 0 Å². The topological polar surface area (TPSA) is 56.9 Å². The molecule has 0 amide bonds. The summed E-state index contributed by atoms with van der Waals surface area (Å²) in [5, 5.41) is 4.33. The molecule has 6 heteroatoms. The van der Waals surface area contributed by atoms with Crippen LogP contribution in [0.25, 0.3) is 55.2 Å². The van der Waals surface area contributed by atoms with Crippen LogP contribution in [-0.2, 0) is 9.84 Å². The molecule has 0 radical (unpaired) electrons. The molecule has 5 aromatic carbocycles. The summed E-state index contributed by atoms with van der Waals surface area (Å²) in [6.07, 6.45) is 0. The molecule has 0 saturated heterocycles. The van der Waals surface area contributed by atoms with Gasteiger partial charge in [-0.25, -0.2) is 13.4 Å². The largest absolute Gasteiger partial charge is 0.294 e. The van der Waals surface area contributed by atoms with Crippen LogP contribution in [0.5, 0.6) is 0 Å². The molecule has 0 aliphatic rings. The van der Waals surface area contributed by atoms with Crippen LogP contribution in [0.3, 0.4) is 0 Å². The van der Waals surface area contributed by atoms with Crippen LogP contribution in [-0.4, -0.2) is 22.5 Å². The highest BCUT2D eigenvalue weighted by molar-refractivity contribution is 7.91. The number of rotatable bonds is 4. The quantitative estimate of drug-likeness (QED) is 0.223. The highest BCUT2D eigenvalue weighted by Crippen LogP contribution is 2.36. The van der Waals surface area contributed by atoms with Crippen LogP contribution in [0.4, 0.5) is 0 Å². The second-order valence-electron chi connectivity index (χ2n) is 10.1. The second-order valence-corrected chi connectivity index (χ2v) is 12.0. The number of para-hydroxylation sites is 4. The van der Waals surface area contributed by atoms with Crippen LogP contribution in [0, 0.1) is 0 Å². The van der Waals surface area contributed by atoms with E-state index in [-0.39, 0.29) is 9.79 Å². The number of hydrogen-bond donors (Lipinski definition) is 0. The van der Waals surface area contributed by atoms with Gasteiger partial charge in [0.2, 0.25) is 9.84 Å². The summed E-state index contributed by atoms with van der Waals surface area (Å²) in [4.78, 5) is 5.62. The van der Waals surface area contributed by atoms with Crippen molar-refractivity contribution in [2.24, 2.45) is 0 Å². The Bertz CT molecular complexity index is 2150. The van der Waals surface area contributed by atoms with Crippen molar-refractivity contribution in [2.45, 2.75) is 9.79 Å². The van der Waals surface area contributed by atoms with Gasteiger partial charge in [0.1, 0.15) is 11.6 Å². The summed E-state index contributed by atoms with van der Waals surface area (Å²) in [5.74, 6) is 1.08. The fraction of sp³-hybridized carbons (Fsp3) is 0. The lowest BCUT2D eigenvalue weighted by Crippen LogP contribution is -2.09. The first-order valence-corrected chi connectivity index (χ1v) is 14.9. The maximum Gasteiger partial charge on any atom is 0.206 e. The van der Waals surface area contributed by atoms with Crippen molar-refractivity contribution in [3.63, 3.8) is 0 Å². The Balaban J connectivity index is 1.51. The minimum absolute atomic E-state index is 0.187. The van der Waals surface area contributed by atoms with Crippen molar-refractivity contribution in [1.82, 2.24) is 14.1 Å². The van der Waals surface area contributed by atoms with E-state index >= 15 is 0 Å². The number of fused-ring (bicyclic) bond motifs is 6. The van der Waals surface area contributed by atoms with Gasteiger partial charge in [0, 0.05) is 33.7 Å². The van der Waals surface area contributed by atoms with Gasteiger partial charge in [0.25, 0.3) is 0 Å². The molecule has 8 aromatic rings. The van der Waals surface area contributed by atoms with E-state index in [0.29, 0.717) is 11.6 Å². The van der Waals surface area contributed by atoms with Crippen LogP contribution in [0.2, 0.25) is 0 Å². The zero-order valence-corrected chi connectivity index (χ0v) is 22.7. The Hall–Kier alpha value is -5.20. The number of aromatic nitrogens is 3. The Labute approximate surface area is 236 Å². The van der Waals surface area contributed by atoms with Gasteiger partial charge in [-0.2, -0.15) is 0 Å². The smallest absolute Gasteiger partial charge is 0.206 e. The van der Waals surface area contributed by atoms with Crippen molar-refractivity contribution in [1.29, 1.82) is 0 Å². The second kappa shape index (κ2) is 8.91. The highest BCUT2D eigenvalue weighted by atomic mass is 32.2. The van der Waals surface area contributed by atoms with E-state index in [9.17, 15) is 8.42 Å². The van der Waals surface area contributed by atoms with E-state index in [1.165, 1.54) is 0 Å². The van der Waals surface area contributed by atoms with Gasteiger partial charge in [0.05, 0.1) is 31.9 Å². The summed E-state index contributed by atoms with van der Waals surface area (Å²) < 4.78 is 32.3. The van der Waals surface area contributed by atoms with Crippen LogP contribution >= 0.6 is 0 Å². The van der Waals surface area contributed by atoms with Gasteiger partial charge in [-0.15, -0.1) is 0 Å². The summed E-state index contributed by atoms with van der Waals surface area (Å²) in [5.41, 5.74) is 3.85. The predicted octanol–water partition coefficient (Wildman–Crippen LogP) is 8.11. The minimum atomic E-state index is -3.85. The van der Waals surface area contributed by atoms with Gasteiger partial charge in [-0.05, 0) is 36.4 Å². The number of benzene rings is 5. The lowest BCUT2D eigenvalue weighted by Gasteiger charge is -2.14. The number of nitrogens with zero attached hydrogens (tertiary/aromatic N) is 3. The van der Waals surface area contributed by atoms with Crippen molar-refractivity contribution < 1.29 is 8.42 Å². The molecule has 41 heavy (non-hydrogen) atoms. The molecule has 0 saturated carbocycles. The Kier molecular flexibility index (Phi) is 5.14. The number of hydrogen-bond acceptors (Lipinski definition) is 3. The van der Waals surface area contributed by atoms with Crippen molar-refractivity contribution in [3.8, 4) is 11.6 Å².